The summed E-state index contributed by atoms with van der Waals surface area (Å²) < 4.78 is 9.27. The standard InChI is InChI=1S/C26H21ClN4O3S/c27-15-23(32)28-16-6-7-21-20(13-16)18-4-1-3-17(25(18)35-21)19-5-2-8-31-24(33)14-22(29-26(19)31)30-9-11-34-12-10-30/h1-8,13-14H,9-12,15H2,(H,28,32). The highest BCUT2D eigenvalue weighted by Crippen LogP contribution is 2.41. The Morgan fingerprint density at radius 2 is 1.89 bits per heavy atom. The van der Waals surface area contributed by atoms with Crippen molar-refractivity contribution in [3.8, 4) is 11.1 Å². The summed E-state index contributed by atoms with van der Waals surface area (Å²) in [7, 11) is 0. The molecule has 1 aliphatic heterocycles. The molecule has 1 aliphatic rings. The molecule has 3 aromatic heterocycles. The minimum atomic E-state index is -0.241. The maximum atomic E-state index is 13.0. The molecule has 0 bridgehead atoms. The lowest BCUT2D eigenvalue weighted by atomic mass is 10.0. The number of nitrogens with one attached hydrogen (secondary N) is 1. The van der Waals surface area contributed by atoms with E-state index in [1.54, 1.807) is 28.0 Å². The zero-order valence-corrected chi connectivity index (χ0v) is 20.2. The van der Waals surface area contributed by atoms with E-state index in [1.165, 1.54) is 0 Å². The lowest BCUT2D eigenvalue weighted by Crippen LogP contribution is -2.37. The monoisotopic (exact) mass is 504 g/mol. The number of benzene rings is 2. The molecule has 1 N–H and O–H groups in total. The van der Waals surface area contributed by atoms with Crippen LogP contribution in [0.3, 0.4) is 0 Å². The zero-order valence-electron chi connectivity index (χ0n) is 18.7. The van der Waals surface area contributed by atoms with Crippen LogP contribution in [0.15, 0.2) is 65.6 Å². The molecule has 0 saturated carbocycles. The van der Waals surface area contributed by atoms with E-state index < -0.39 is 0 Å². The van der Waals surface area contributed by atoms with Gasteiger partial charge in [0.2, 0.25) is 5.91 Å². The first-order valence-electron chi connectivity index (χ1n) is 11.3. The second-order valence-electron chi connectivity index (χ2n) is 8.34. The van der Waals surface area contributed by atoms with Gasteiger partial charge in [-0.15, -0.1) is 22.9 Å². The van der Waals surface area contributed by atoms with Gasteiger partial charge in [0.25, 0.3) is 5.56 Å². The van der Waals surface area contributed by atoms with Crippen LogP contribution in [-0.4, -0.2) is 47.5 Å². The quantitative estimate of drug-likeness (QED) is 0.358. The first-order chi connectivity index (χ1) is 17.1. The van der Waals surface area contributed by atoms with Gasteiger partial charge >= 0.3 is 0 Å². The lowest BCUT2D eigenvalue weighted by molar-refractivity contribution is -0.113. The average molecular weight is 505 g/mol. The van der Waals surface area contributed by atoms with Crippen molar-refractivity contribution < 1.29 is 9.53 Å². The maximum absolute atomic E-state index is 13.0. The number of carbonyl (C=O) groups excluding carboxylic acids is 1. The number of anilines is 2. The first kappa shape index (κ1) is 22.0. The summed E-state index contributed by atoms with van der Waals surface area (Å²) in [5, 5.41) is 4.96. The predicted octanol–water partition coefficient (Wildman–Crippen LogP) is 4.74. The molecule has 1 saturated heterocycles. The van der Waals surface area contributed by atoms with Crippen molar-refractivity contribution in [2.24, 2.45) is 0 Å². The zero-order chi connectivity index (χ0) is 23.9. The number of nitrogens with zero attached hydrogens (tertiary/aromatic N) is 3. The van der Waals surface area contributed by atoms with Crippen LogP contribution in [0.4, 0.5) is 11.5 Å². The SMILES string of the molecule is O=C(CCl)Nc1ccc2sc3c(-c4cccn5c(=O)cc(N6CCOCC6)nc45)cccc3c2c1. The van der Waals surface area contributed by atoms with Crippen molar-refractivity contribution in [3.63, 3.8) is 0 Å². The van der Waals surface area contributed by atoms with Crippen LogP contribution in [0, 0.1) is 0 Å². The number of thiophene rings is 1. The Morgan fingerprint density at radius 3 is 2.71 bits per heavy atom. The van der Waals surface area contributed by atoms with Gasteiger partial charge in [0.1, 0.15) is 17.3 Å². The van der Waals surface area contributed by atoms with E-state index in [-0.39, 0.29) is 17.3 Å². The van der Waals surface area contributed by atoms with Gasteiger partial charge < -0.3 is 15.0 Å². The molecule has 0 unspecified atom stereocenters. The Kier molecular flexibility index (Phi) is 5.64. The van der Waals surface area contributed by atoms with E-state index in [4.69, 9.17) is 21.3 Å². The van der Waals surface area contributed by atoms with Crippen LogP contribution in [0.1, 0.15) is 0 Å². The van der Waals surface area contributed by atoms with Crippen LogP contribution in [0.25, 0.3) is 36.9 Å². The predicted molar refractivity (Wildman–Crippen MR) is 142 cm³/mol. The van der Waals surface area contributed by atoms with Crippen molar-refractivity contribution in [1.82, 2.24) is 9.38 Å². The third-order valence-electron chi connectivity index (χ3n) is 6.20. The number of aromatic nitrogens is 2. The van der Waals surface area contributed by atoms with E-state index in [2.05, 4.69) is 22.3 Å². The average Bonchev–Trinajstić information content (AvgIpc) is 3.27. The summed E-state index contributed by atoms with van der Waals surface area (Å²) in [5.74, 6) is 0.343. The number of ether oxygens (including phenoxy) is 1. The normalized spacial score (nSPS) is 14.1. The minimum absolute atomic E-state index is 0.0908. The number of morpholine rings is 1. The number of carbonyl (C=O) groups is 1. The molecule has 4 heterocycles. The largest absolute Gasteiger partial charge is 0.378 e. The summed E-state index contributed by atoms with van der Waals surface area (Å²) >= 11 is 7.33. The Labute approximate surface area is 209 Å². The lowest BCUT2D eigenvalue weighted by Gasteiger charge is -2.27. The molecular weight excluding hydrogens is 484 g/mol. The van der Waals surface area contributed by atoms with Crippen molar-refractivity contribution in [1.29, 1.82) is 0 Å². The highest BCUT2D eigenvalue weighted by molar-refractivity contribution is 7.26. The van der Waals surface area contributed by atoms with Gasteiger partial charge in [0.05, 0.1) is 13.2 Å². The van der Waals surface area contributed by atoms with Gasteiger partial charge in [-0.25, -0.2) is 4.98 Å². The fourth-order valence-corrected chi connectivity index (χ4v) is 5.84. The first-order valence-corrected chi connectivity index (χ1v) is 12.6. The van der Waals surface area contributed by atoms with E-state index in [1.807, 2.05) is 36.4 Å². The number of hydrogen-bond acceptors (Lipinski definition) is 6. The molecule has 9 heteroatoms. The van der Waals surface area contributed by atoms with E-state index in [0.717, 1.165) is 31.3 Å². The highest BCUT2D eigenvalue weighted by Gasteiger charge is 2.18. The molecule has 1 fully saturated rings. The van der Waals surface area contributed by atoms with Crippen molar-refractivity contribution in [2.75, 3.05) is 42.4 Å². The summed E-state index contributed by atoms with van der Waals surface area (Å²) in [5.41, 5.74) is 3.14. The summed E-state index contributed by atoms with van der Waals surface area (Å²) in [6.07, 6.45) is 1.76. The summed E-state index contributed by atoms with van der Waals surface area (Å²) in [4.78, 5) is 31.8. The fourth-order valence-electron chi connectivity index (χ4n) is 4.56. The number of halogens is 1. The molecular formula is C26H21ClN4O3S. The number of alkyl halides is 1. The molecule has 0 atom stereocenters. The molecule has 176 valence electrons. The van der Waals surface area contributed by atoms with Gasteiger partial charge in [-0.1, -0.05) is 18.2 Å². The Morgan fingerprint density at radius 1 is 1.06 bits per heavy atom. The minimum Gasteiger partial charge on any atom is -0.378 e. The second-order valence-corrected chi connectivity index (χ2v) is 9.66. The van der Waals surface area contributed by atoms with E-state index in [0.29, 0.717) is 43.5 Å². The molecule has 1 amide bonds. The third-order valence-corrected chi connectivity index (χ3v) is 7.67. The molecule has 5 aromatic rings. The topological polar surface area (TPSA) is 75.9 Å². The Bertz CT molecular complexity index is 1660. The van der Waals surface area contributed by atoms with Crippen LogP contribution in [-0.2, 0) is 9.53 Å². The van der Waals surface area contributed by atoms with E-state index >= 15 is 0 Å². The van der Waals surface area contributed by atoms with Gasteiger partial charge in [-0.2, -0.15) is 0 Å². The van der Waals surface area contributed by atoms with Crippen LogP contribution in [0.2, 0.25) is 0 Å². The number of amides is 1. The number of fused-ring (bicyclic) bond motifs is 4. The highest BCUT2D eigenvalue weighted by atomic mass is 35.5. The molecule has 0 spiro atoms. The van der Waals surface area contributed by atoms with Gasteiger partial charge in [-0.05, 0) is 30.3 Å². The molecule has 2 aromatic carbocycles. The fraction of sp³-hybridized carbons (Fsp3) is 0.192. The number of pyridine rings is 1. The van der Waals surface area contributed by atoms with Gasteiger partial charge in [0.15, 0.2) is 0 Å². The summed E-state index contributed by atoms with van der Waals surface area (Å²) in [6, 6.07) is 17.5. The summed E-state index contributed by atoms with van der Waals surface area (Å²) in [6.45, 7) is 2.66. The molecule has 0 aliphatic carbocycles. The number of hydrogen-bond donors (Lipinski definition) is 1. The Hall–Kier alpha value is -3.46. The third kappa shape index (κ3) is 3.93. The van der Waals surface area contributed by atoms with Gasteiger partial charge in [-0.3, -0.25) is 14.0 Å². The molecule has 35 heavy (non-hydrogen) atoms. The van der Waals surface area contributed by atoms with Crippen LogP contribution in [0.5, 0.6) is 0 Å². The van der Waals surface area contributed by atoms with Crippen molar-refractivity contribution in [2.45, 2.75) is 0 Å². The van der Waals surface area contributed by atoms with Crippen molar-refractivity contribution in [3.05, 3.63) is 71.1 Å². The smallest absolute Gasteiger partial charge is 0.259 e. The Balaban J connectivity index is 1.54. The van der Waals surface area contributed by atoms with Crippen LogP contribution < -0.4 is 15.8 Å². The second kappa shape index (κ2) is 8.96. The molecule has 0 radical (unpaired) electrons. The maximum Gasteiger partial charge on any atom is 0.259 e. The van der Waals surface area contributed by atoms with Crippen molar-refractivity contribution >= 4 is 66.2 Å². The van der Waals surface area contributed by atoms with Gasteiger partial charge in [0, 0.05) is 62.3 Å². The molecule has 7 nitrogen and oxygen atoms in total. The van der Waals surface area contributed by atoms with Crippen LogP contribution >= 0.6 is 22.9 Å². The molecule has 6 rings (SSSR count). The number of rotatable bonds is 4. The van der Waals surface area contributed by atoms with E-state index in [9.17, 15) is 9.59 Å².